The van der Waals surface area contributed by atoms with Crippen LogP contribution in [0.1, 0.15) is 28.8 Å². The molecular weight excluding hydrogens is 216 g/mol. The number of hydrogen-bond donors (Lipinski definition) is 1. The predicted molar refractivity (Wildman–Crippen MR) is 54.0 cm³/mol. The quantitative estimate of drug-likeness (QED) is 0.837. The molecule has 0 aliphatic carbocycles. The molecule has 1 fully saturated rings. The van der Waals surface area contributed by atoms with Crippen molar-refractivity contribution in [1.29, 1.82) is 0 Å². The summed E-state index contributed by atoms with van der Waals surface area (Å²) in [6.45, 7) is 1.52. The van der Waals surface area contributed by atoms with E-state index < -0.39 is 5.97 Å². The Kier molecular flexibility index (Phi) is 3.27. The van der Waals surface area contributed by atoms with Crippen molar-refractivity contribution < 1.29 is 14.6 Å². The van der Waals surface area contributed by atoms with Crippen LogP contribution in [0.25, 0.3) is 0 Å². The number of carboxylic acids is 1. The molecule has 2 heterocycles. The molecule has 1 saturated heterocycles. The first-order valence-electron chi connectivity index (χ1n) is 4.87. The molecule has 1 N–H and O–H groups in total. The van der Waals surface area contributed by atoms with E-state index in [9.17, 15) is 4.79 Å². The Labute approximate surface area is 91.1 Å². The summed E-state index contributed by atoms with van der Waals surface area (Å²) in [5.41, 5.74) is 0. The smallest absolute Gasteiger partial charge is 0.310 e. The predicted octanol–water partition coefficient (Wildman–Crippen LogP) is 1.06. The summed E-state index contributed by atoms with van der Waals surface area (Å²) in [5, 5.41) is 18.1. The molecule has 1 aliphatic heterocycles. The summed E-state index contributed by atoms with van der Waals surface area (Å²) in [5.74, 6) is -0.455. The first-order chi connectivity index (χ1) is 7.25. The third kappa shape index (κ3) is 2.73. The number of nitrogens with zero attached hydrogens (tertiary/aromatic N) is 2. The Morgan fingerprint density at radius 3 is 2.87 bits per heavy atom. The first-order valence-corrected chi connectivity index (χ1v) is 5.69. The monoisotopic (exact) mass is 228 g/mol. The number of carboxylic acid groups (broad SMARTS) is 1. The third-order valence-corrected chi connectivity index (χ3v) is 3.44. The van der Waals surface area contributed by atoms with Gasteiger partial charge in [0.25, 0.3) is 0 Å². The van der Waals surface area contributed by atoms with Crippen molar-refractivity contribution in [3.05, 3.63) is 10.0 Å². The van der Waals surface area contributed by atoms with Gasteiger partial charge in [-0.1, -0.05) is 0 Å². The minimum Gasteiger partial charge on any atom is -0.481 e. The SMILES string of the molecule is O=C(O)Cc1nnc(C2CCOCC2)s1. The van der Waals surface area contributed by atoms with E-state index in [0.717, 1.165) is 31.1 Å². The van der Waals surface area contributed by atoms with Gasteiger partial charge < -0.3 is 9.84 Å². The Bertz CT molecular complexity index is 347. The number of rotatable bonds is 3. The summed E-state index contributed by atoms with van der Waals surface area (Å²) in [4.78, 5) is 10.5. The summed E-state index contributed by atoms with van der Waals surface area (Å²) in [6.07, 6.45) is 1.89. The molecular formula is C9H12N2O3S. The molecule has 0 unspecified atom stereocenters. The topological polar surface area (TPSA) is 72.3 Å². The minimum absolute atomic E-state index is 0.0269. The molecule has 82 valence electrons. The molecule has 1 aromatic heterocycles. The van der Waals surface area contributed by atoms with E-state index in [2.05, 4.69) is 10.2 Å². The summed E-state index contributed by atoms with van der Waals surface area (Å²) in [6, 6.07) is 0. The van der Waals surface area contributed by atoms with Gasteiger partial charge in [0.2, 0.25) is 0 Å². The van der Waals surface area contributed by atoms with Crippen molar-refractivity contribution in [3.8, 4) is 0 Å². The molecule has 0 saturated carbocycles. The van der Waals surface area contributed by atoms with Gasteiger partial charge in [-0.25, -0.2) is 0 Å². The van der Waals surface area contributed by atoms with Gasteiger partial charge in [-0.2, -0.15) is 0 Å². The van der Waals surface area contributed by atoms with E-state index in [1.165, 1.54) is 11.3 Å². The van der Waals surface area contributed by atoms with E-state index >= 15 is 0 Å². The van der Waals surface area contributed by atoms with Crippen molar-refractivity contribution in [2.45, 2.75) is 25.2 Å². The van der Waals surface area contributed by atoms with Crippen LogP contribution in [0.2, 0.25) is 0 Å². The average Bonchev–Trinajstić information content (AvgIpc) is 2.67. The van der Waals surface area contributed by atoms with Crippen LogP contribution >= 0.6 is 11.3 Å². The lowest BCUT2D eigenvalue weighted by atomic mass is 10.0. The highest BCUT2D eigenvalue weighted by Crippen LogP contribution is 2.29. The molecule has 0 amide bonds. The third-order valence-electron chi connectivity index (χ3n) is 2.36. The van der Waals surface area contributed by atoms with Crippen LogP contribution < -0.4 is 0 Å². The number of ether oxygens (including phenoxy) is 1. The van der Waals surface area contributed by atoms with Gasteiger partial charge in [-0.05, 0) is 12.8 Å². The van der Waals surface area contributed by atoms with Crippen molar-refractivity contribution >= 4 is 17.3 Å². The Hall–Kier alpha value is -1.01. The maximum Gasteiger partial charge on any atom is 0.310 e. The summed E-state index contributed by atoms with van der Waals surface area (Å²) >= 11 is 1.41. The Balaban J connectivity index is 2.02. The average molecular weight is 228 g/mol. The van der Waals surface area contributed by atoms with Gasteiger partial charge in [-0.15, -0.1) is 21.5 Å². The second-order valence-electron chi connectivity index (χ2n) is 3.49. The van der Waals surface area contributed by atoms with Crippen LogP contribution in [0, 0.1) is 0 Å². The standard InChI is InChI=1S/C9H12N2O3S/c12-8(13)5-7-10-11-9(15-7)6-1-3-14-4-2-6/h6H,1-5H2,(H,12,13). The lowest BCUT2D eigenvalue weighted by Gasteiger charge is -2.18. The minimum atomic E-state index is -0.857. The van der Waals surface area contributed by atoms with E-state index in [-0.39, 0.29) is 6.42 Å². The number of carbonyl (C=O) groups is 1. The Morgan fingerprint density at radius 2 is 2.20 bits per heavy atom. The van der Waals surface area contributed by atoms with Crippen molar-refractivity contribution in [2.75, 3.05) is 13.2 Å². The van der Waals surface area contributed by atoms with Crippen LogP contribution in [-0.2, 0) is 16.0 Å². The molecule has 6 heteroatoms. The number of aliphatic carboxylic acids is 1. The maximum atomic E-state index is 10.5. The molecule has 0 aromatic carbocycles. The number of aromatic nitrogens is 2. The Morgan fingerprint density at radius 1 is 1.47 bits per heavy atom. The molecule has 0 spiro atoms. The number of hydrogen-bond acceptors (Lipinski definition) is 5. The van der Waals surface area contributed by atoms with Gasteiger partial charge in [0.05, 0.1) is 6.42 Å². The van der Waals surface area contributed by atoms with Crippen LogP contribution in [0.15, 0.2) is 0 Å². The second-order valence-corrected chi connectivity index (χ2v) is 4.58. The maximum absolute atomic E-state index is 10.5. The molecule has 0 radical (unpaired) electrons. The van der Waals surface area contributed by atoms with Crippen molar-refractivity contribution in [2.24, 2.45) is 0 Å². The van der Waals surface area contributed by atoms with E-state index in [1.807, 2.05) is 0 Å². The lowest BCUT2D eigenvalue weighted by Crippen LogP contribution is -2.13. The normalized spacial score (nSPS) is 17.9. The largest absolute Gasteiger partial charge is 0.481 e. The van der Waals surface area contributed by atoms with E-state index in [1.54, 1.807) is 0 Å². The molecule has 0 bridgehead atoms. The zero-order chi connectivity index (χ0) is 10.7. The lowest BCUT2D eigenvalue weighted by molar-refractivity contribution is -0.136. The van der Waals surface area contributed by atoms with Crippen molar-refractivity contribution in [1.82, 2.24) is 10.2 Å². The van der Waals surface area contributed by atoms with E-state index in [4.69, 9.17) is 9.84 Å². The van der Waals surface area contributed by atoms with E-state index in [0.29, 0.717) is 10.9 Å². The second kappa shape index (κ2) is 4.67. The van der Waals surface area contributed by atoms with Crippen molar-refractivity contribution in [3.63, 3.8) is 0 Å². The van der Waals surface area contributed by atoms with Gasteiger partial charge in [0.1, 0.15) is 10.0 Å². The first kappa shape index (κ1) is 10.5. The molecule has 5 nitrogen and oxygen atoms in total. The van der Waals surface area contributed by atoms with Gasteiger partial charge in [0, 0.05) is 19.1 Å². The van der Waals surface area contributed by atoms with Gasteiger partial charge in [-0.3, -0.25) is 4.79 Å². The zero-order valence-electron chi connectivity index (χ0n) is 8.18. The van der Waals surface area contributed by atoms with Gasteiger partial charge >= 0.3 is 5.97 Å². The highest BCUT2D eigenvalue weighted by molar-refractivity contribution is 7.11. The van der Waals surface area contributed by atoms with Crippen LogP contribution in [0.4, 0.5) is 0 Å². The van der Waals surface area contributed by atoms with Crippen LogP contribution in [-0.4, -0.2) is 34.5 Å². The summed E-state index contributed by atoms with van der Waals surface area (Å²) < 4.78 is 5.25. The van der Waals surface area contributed by atoms with Gasteiger partial charge in [0.15, 0.2) is 0 Å². The molecule has 1 aromatic rings. The summed E-state index contributed by atoms with van der Waals surface area (Å²) in [7, 11) is 0. The molecule has 0 atom stereocenters. The molecule has 1 aliphatic rings. The fourth-order valence-electron chi connectivity index (χ4n) is 1.58. The fraction of sp³-hybridized carbons (Fsp3) is 0.667. The molecule has 15 heavy (non-hydrogen) atoms. The van der Waals surface area contributed by atoms with Crippen LogP contribution in [0.3, 0.4) is 0 Å². The highest BCUT2D eigenvalue weighted by atomic mass is 32.1. The highest BCUT2D eigenvalue weighted by Gasteiger charge is 2.20. The zero-order valence-corrected chi connectivity index (χ0v) is 9.00. The fourth-order valence-corrected chi connectivity index (χ4v) is 2.58. The van der Waals surface area contributed by atoms with Crippen LogP contribution in [0.5, 0.6) is 0 Å². The molecule has 2 rings (SSSR count).